The highest BCUT2D eigenvalue weighted by Gasteiger charge is 2.33. The lowest BCUT2D eigenvalue weighted by molar-refractivity contribution is -0.116. The van der Waals surface area contributed by atoms with Crippen LogP contribution < -0.4 is 5.32 Å². The van der Waals surface area contributed by atoms with Gasteiger partial charge < -0.3 is 5.32 Å². The van der Waals surface area contributed by atoms with Crippen molar-refractivity contribution in [2.24, 2.45) is 0 Å². The van der Waals surface area contributed by atoms with Crippen LogP contribution in [0.25, 0.3) is 5.95 Å². The zero-order valence-corrected chi connectivity index (χ0v) is 14.4. The van der Waals surface area contributed by atoms with Crippen molar-refractivity contribution in [1.82, 2.24) is 19.7 Å². The van der Waals surface area contributed by atoms with Gasteiger partial charge in [-0.15, -0.1) is 0 Å². The molecule has 0 saturated heterocycles. The number of benzene rings is 1. The van der Waals surface area contributed by atoms with Crippen LogP contribution >= 0.6 is 0 Å². The normalized spacial score (nSPS) is 16.4. The summed E-state index contributed by atoms with van der Waals surface area (Å²) in [7, 11) is 0. The van der Waals surface area contributed by atoms with Gasteiger partial charge in [0.05, 0.1) is 5.69 Å². The van der Waals surface area contributed by atoms with E-state index in [0.29, 0.717) is 18.2 Å². The van der Waals surface area contributed by atoms with Crippen LogP contribution in [-0.4, -0.2) is 25.7 Å². The van der Waals surface area contributed by atoms with Crippen molar-refractivity contribution in [1.29, 1.82) is 0 Å². The highest BCUT2D eigenvalue weighted by molar-refractivity contribution is 5.95. The maximum Gasteiger partial charge on any atom is 0.252 e. The van der Waals surface area contributed by atoms with E-state index in [1.54, 1.807) is 4.68 Å². The van der Waals surface area contributed by atoms with Gasteiger partial charge in [-0.3, -0.25) is 4.79 Å². The zero-order valence-electron chi connectivity index (χ0n) is 14.4. The van der Waals surface area contributed by atoms with Crippen LogP contribution in [0.15, 0.2) is 36.4 Å². The molecule has 3 aromatic rings. The molecule has 0 bridgehead atoms. The second kappa shape index (κ2) is 5.81. The molecule has 25 heavy (non-hydrogen) atoms. The summed E-state index contributed by atoms with van der Waals surface area (Å²) in [6.07, 6.45) is 0.414. The fraction of sp³-hybridized carbons (Fsp3) is 0.263. The third-order valence-electron chi connectivity index (χ3n) is 4.46. The Hall–Kier alpha value is -3.02. The van der Waals surface area contributed by atoms with Gasteiger partial charge in [-0.1, -0.05) is 30.3 Å². The second-order valence-electron chi connectivity index (χ2n) is 6.43. The molecule has 1 aliphatic heterocycles. The van der Waals surface area contributed by atoms with Gasteiger partial charge in [0.2, 0.25) is 5.91 Å². The minimum absolute atomic E-state index is 0.00962. The molecule has 0 spiro atoms. The second-order valence-corrected chi connectivity index (χ2v) is 6.43. The van der Waals surface area contributed by atoms with Crippen LogP contribution in [0.5, 0.6) is 0 Å². The van der Waals surface area contributed by atoms with E-state index in [2.05, 4.69) is 32.5 Å². The lowest BCUT2D eigenvalue weighted by Gasteiger charge is -2.24. The highest BCUT2D eigenvalue weighted by atomic mass is 16.1. The van der Waals surface area contributed by atoms with Gasteiger partial charge in [0.15, 0.2) is 0 Å². The number of fused-ring (bicyclic) bond motifs is 1. The summed E-state index contributed by atoms with van der Waals surface area (Å²) in [6.45, 7) is 5.81. The standard InChI is InChI=1S/C19H19N5O/c1-11-9-12(2)21-19(20-11)24-18-17(13(3)23-24)15(10-16(25)22-18)14-7-5-4-6-8-14/h4-9,15H,10H2,1-3H3,(H,22,25). The molecule has 1 amide bonds. The van der Waals surface area contributed by atoms with Crippen LogP contribution in [0.3, 0.4) is 0 Å². The van der Waals surface area contributed by atoms with Crippen molar-refractivity contribution >= 4 is 11.7 Å². The molecule has 1 unspecified atom stereocenters. The lowest BCUT2D eigenvalue weighted by Crippen LogP contribution is -2.25. The number of amides is 1. The third-order valence-corrected chi connectivity index (χ3v) is 4.46. The minimum Gasteiger partial charge on any atom is -0.310 e. The molecular formula is C19H19N5O. The average Bonchev–Trinajstić information content (AvgIpc) is 2.91. The van der Waals surface area contributed by atoms with E-state index in [0.717, 1.165) is 28.2 Å². The van der Waals surface area contributed by atoms with Crippen molar-refractivity contribution in [3.8, 4) is 5.95 Å². The molecule has 1 aromatic carbocycles. The van der Waals surface area contributed by atoms with Gasteiger partial charge in [0.25, 0.3) is 5.95 Å². The first-order valence-corrected chi connectivity index (χ1v) is 8.30. The van der Waals surface area contributed by atoms with Gasteiger partial charge in [0.1, 0.15) is 5.82 Å². The number of anilines is 1. The number of carbonyl (C=O) groups is 1. The Labute approximate surface area is 145 Å². The molecule has 1 aliphatic rings. The van der Waals surface area contributed by atoms with E-state index in [-0.39, 0.29) is 11.8 Å². The molecule has 3 heterocycles. The Morgan fingerprint density at radius 3 is 2.44 bits per heavy atom. The van der Waals surface area contributed by atoms with Crippen LogP contribution in [0.1, 0.15) is 40.5 Å². The molecule has 2 aromatic heterocycles. The van der Waals surface area contributed by atoms with Gasteiger partial charge in [0, 0.05) is 29.3 Å². The number of hydrogen-bond donors (Lipinski definition) is 1. The molecule has 4 rings (SSSR count). The molecule has 0 fully saturated rings. The van der Waals surface area contributed by atoms with Crippen LogP contribution in [-0.2, 0) is 4.79 Å². The van der Waals surface area contributed by atoms with E-state index in [4.69, 9.17) is 0 Å². The summed E-state index contributed by atoms with van der Waals surface area (Å²) < 4.78 is 1.65. The lowest BCUT2D eigenvalue weighted by atomic mass is 9.86. The van der Waals surface area contributed by atoms with E-state index in [9.17, 15) is 4.79 Å². The Kier molecular flexibility index (Phi) is 3.60. The maximum absolute atomic E-state index is 12.3. The molecule has 1 N–H and O–H groups in total. The summed E-state index contributed by atoms with van der Waals surface area (Å²) in [5, 5.41) is 7.60. The van der Waals surface area contributed by atoms with Crippen molar-refractivity contribution in [3.63, 3.8) is 0 Å². The van der Waals surface area contributed by atoms with Crippen molar-refractivity contribution in [3.05, 3.63) is 64.6 Å². The number of aromatic nitrogens is 4. The third kappa shape index (κ3) is 2.69. The number of aryl methyl sites for hydroxylation is 3. The molecule has 0 saturated carbocycles. The molecule has 0 aliphatic carbocycles. The first kappa shape index (κ1) is 15.5. The summed E-state index contributed by atoms with van der Waals surface area (Å²) in [5.41, 5.74) is 4.76. The molecule has 0 radical (unpaired) electrons. The van der Waals surface area contributed by atoms with Crippen LogP contribution in [0, 0.1) is 20.8 Å². The summed E-state index contributed by atoms with van der Waals surface area (Å²) in [4.78, 5) is 21.3. The fourth-order valence-electron chi connectivity index (χ4n) is 3.46. The Bertz CT molecular complexity index is 941. The van der Waals surface area contributed by atoms with E-state index in [1.807, 2.05) is 45.0 Å². The first-order chi connectivity index (χ1) is 12.0. The van der Waals surface area contributed by atoms with E-state index >= 15 is 0 Å². The van der Waals surface area contributed by atoms with Crippen molar-refractivity contribution in [2.45, 2.75) is 33.1 Å². The Morgan fingerprint density at radius 2 is 1.76 bits per heavy atom. The zero-order chi connectivity index (χ0) is 17.6. The van der Waals surface area contributed by atoms with Gasteiger partial charge in [-0.05, 0) is 32.4 Å². The predicted molar refractivity (Wildman–Crippen MR) is 94.9 cm³/mol. The summed E-state index contributed by atoms with van der Waals surface area (Å²) >= 11 is 0. The monoisotopic (exact) mass is 333 g/mol. The smallest absolute Gasteiger partial charge is 0.252 e. The quantitative estimate of drug-likeness (QED) is 0.782. The minimum atomic E-state index is -0.0214. The van der Waals surface area contributed by atoms with Crippen LogP contribution in [0.4, 0.5) is 5.82 Å². The SMILES string of the molecule is Cc1cc(C)nc(-n2nc(C)c3c2NC(=O)CC3c2ccccc2)n1. The number of rotatable bonds is 2. The molecule has 6 heteroatoms. The summed E-state index contributed by atoms with van der Waals surface area (Å²) in [6, 6.07) is 12.0. The topological polar surface area (TPSA) is 72.7 Å². The van der Waals surface area contributed by atoms with E-state index in [1.165, 1.54) is 0 Å². The maximum atomic E-state index is 12.3. The molecule has 126 valence electrons. The largest absolute Gasteiger partial charge is 0.310 e. The number of nitrogens with zero attached hydrogens (tertiary/aromatic N) is 4. The van der Waals surface area contributed by atoms with Crippen molar-refractivity contribution < 1.29 is 4.79 Å². The number of hydrogen-bond acceptors (Lipinski definition) is 4. The van der Waals surface area contributed by atoms with Gasteiger partial charge in [-0.25, -0.2) is 9.97 Å². The van der Waals surface area contributed by atoms with E-state index < -0.39 is 0 Å². The predicted octanol–water partition coefficient (Wildman–Crippen LogP) is 3.06. The fourth-order valence-corrected chi connectivity index (χ4v) is 3.46. The molecule has 1 atom stereocenters. The highest BCUT2D eigenvalue weighted by Crippen LogP contribution is 2.39. The van der Waals surface area contributed by atoms with Gasteiger partial charge in [-0.2, -0.15) is 9.78 Å². The molecule has 6 nitrogen and oxygen atoms in total. The van der Waals surface area contributed by atoms with Gasteiger partial charge >= 0.3 is 0 Å². The van der Waals surface area contributed by atoms with Crippen LogP contribution in [0.2, 0.25) is 0 Å². The van der Waals surface area contributed by atoms with Crippen molar-refractivity contribution in [2.75, 3.05) is 5.32 Å². The summed E-state index contributed by atoms with van der Waals surface area (Å²) in [5.74, 6) is 1.12. The first-order valence-electron chi connectivity index (χ1n) is 8.30. The molecular weight excluding hydrogens is 314 g/mol. The average molecular weight is 333 g/mol. The number of nitrogens with one attached hydrogen (secondary N) is 1. The number of carbonyl (C=O) groups excluding carboxylic acids is 1. The Morgan fingerprint density at radius 1 is 1.08 bits per heavy atom. The Balaban J connectivity index is 1.90.